The Labute approximate surface area is 114 Å². The molecule has 0 atom stereocenters. The largest absolute Gasteiger partial charge is 0.399 e. The summed E-state index contributed by atoms with van der Waals surface area (Å²) < 4.78 is 0. The molecule has 1 heterocycles. The number of anilines is 1. The zero-order valence-corrected chi connectivity index (χ0v) is 11.6. The van der Waals surface area contributed by atoms with Crippen LogP contribution in [0, 0.1) is 13.8 Å². The quantitative estimate of drug-likeness (QED) is 0.830. The van der Waals surface area contributed by atoms with Crippen LogP contribution in [-0.4, -0.2) is 4.90 Å². The molecule has 98 valence electrons. The zero-order chi connectivity index (χ0) is 13.4. The van der Waals surface area contributed by atoms with Gasteiger partial charge in [0.25, 0.3) is 0 Å². The van der Waals surface area contributed by atoms with E-state index in [1.807, 2.05) is 6.07 Å². The molecule has 0 saturated heterocycles. The van der Waals surface area contributed by atoms with Gasteiger partial charge in [0, 0.05) is 25.3 Å². The van der Waals surface area contributed by atoms with Gasteiger partial charge in [-0.2, -0.15) is 0 Å². The number of nitrogen functional groups attached to an aromatic ring is 1. The van der Waals surface area contributed by atoms with E-state index < -0.39 is 0 Å². The van der Waals surface area contributed by atoms with Crippen molar-refractivity contribution in [2.75, 3.05) is 5.73 Å². The van der Waals surface area contributed by atoms with Gasteiger partial charge in [-0.05, 0) is 53.8 Å². The summed E-state index contributed by atoms with van der Waals surface area (Å²) in [5, 5.41) is 0. The van der Waals surface area contributed by atoms with Gasteiger partial charge in [-0.3, -0.25) is 4.90 Å². The molecule has 0 bridgehead atoms. The van der Waals surface area contributed by atoms with E-state index in [9.17, 15) is 0 Å². The van der Waals surface area contributed by atoms with Crippen molar-refractivity contribution < 1.29 is 0 Å². The molecule has 19 heavy (non-hydrogen) atoms. The summed E-state index contributed by atoms with van der Waals surface area (Å²) in [6.45, 7) is 7.46. The minimum atomic E-state index is 0.868. The lowest BCUT2D eigenvalue weighted by Gasteiger charge is -2.18. The van der Waals surface area contributed by atoms with Crippen LogP contribution in [0.2, 0.25) is 0 Å². The molecule has 0 aliphatic carbocycles. The van der Waals surface area contributed by atoms with Crippen LogP contribution in [0.15, 0.2) is 36.4 Å². The maximum Gasteiger partial charge on any atom is 0.0317 e. The molecule has 2 aromatic carbocycles. The van der Waals surface area contributed by atoms with E-state index in [1.54, 1.807) is 0 Å². The number of hydrogen-bond donors (Lipinski definition) is 1. The maximum atomic E-state index is 5.86. The lowest BCUT2D eigenvalue weighted by atomic mass is 10.0. The van der Waals surface area contributed by atoms with Gasteiger partial charge in [0.15, 0.2) is 0 Å². The second-order valence-corrected chi connectivity index (χ2v) is 5.54. The minimum Gasteiger partial charge on any atom is -0.399 e. The van der Waals surface area contributed by atoms with Gasteiger partial charge >= 0.3 is 0 Å². The van der Waals surface area contributed by atoms with Crippen LogP contribution in [0.3, 0.4) is 0 Å². The molecule has 0 fully saturated rings. The third kappa shape index (κ3) is 2.36. The second-order valence-electron chi connectivity index (χ2n) is 5.54. The third-order valence-electron chi connectivity index (χ3n) is 4.04. The topological polar surface area (TPSA) is 29.3 Å². The highest BCUT2D eigenvalue weighted by Gasteiger charge is 2.19. The van der Waals surface area contributed by atoms with Gasteiger partial charge in [-0.25, -0.2) is 0 Å². The number of nitrogens with zero attached hydrogens (tertiary/aromatic N) is 1. The van der Waals surface area contributed by atoms with Gasteiger partial charge < -0.3 is 5.73 Å². The SMILES string of the molecule is Cc1cccc(C)c1CN1Cc2ccc(N)cc2C1. The molecule has 2 heteroatoms. The van der Waals surface area contributed by atoms with E-state index in [0.717, 1.165) is 25.3 Å². The Hall–Kier alpha value is -1.80. The first kappa shape index (κ1) is 12.2. The molecule has 0 saturated carbocycles. The number of hydrogen-bond acceptors (Lipinski definition) is 2. The highest BCUT2D eigenvalue weighted by atomic mass is 15.1. The highest BCUT2D eigenvalue weighted by molar-refractivity contribution is 5.46. The Morgan fingerprint density at radius 1 is 1.00 bits per heavy atom. The number of nitrogens with two attached hydrogens (primary N) is 1. The van der Waals surface area contributed by atoms with Crippen molar-refractivity contribution in [1.82, 2.24) is 4.90 Å². The van der Waals surface area contributed by atoms with E-state index in [0.29, 0.717) is 0 Å². The third-order valence-corrected chi connectivity index (χ3v) is 4.04. The normalized spacial score (nSPS) is 14.6. The summed E-state index contributed by atoms with van der Waals surface area (Å²) in [6.07, 6.45) is 0. The molecular formula is C17H20N2. The molecule has 2 aromatic rings. The van der Waals surface area contributed by atoms with Crippen LogP contribution in [0.5, 0.6) is 0 Å². The standard InChI is InChI=1S/C17H20N2/c1-12-4-3-5-13(2)17(12)11-19-9-14-6-7-16(18)8-15(14)10-19/h3-8H,9-11,18H2,1-2H3. The van der Waals surface area contributed by atoms with Gasteiger partial charge in [0.2, 0.25) is 0 Å². The molecule has 1 aliphatic rings. The summed E-state index contributed by atoms with van der Waals surface area (Å²) in [5.74, 6) is 0. The summed E-state index contributed by atoms with van der Waals surface area (Å²) >= 11 is 0. The van der Waals surface area contributed by atoms with Crippen molar-refractivity contribution in [3.05, 3.63) is 64.2 Å². The number of rotatable bonds is 2. The molecule has 2 nitrogen and oxygen atoms in total. The van der Waals surface area contributed by atoms with Crippen LogP contribution in [-0.2, 0) is 19.6 Å². The van der Waals surface area contributed by atoms with E-state index in [2.05, 4.69) is 49.1 Å². The first-order valence-corrected chi connectivity index (χ1v) is 6.78. The number of aryl methyl sites for hydroxylation is 2. The molecule has 0 radical (unpaired) electrons. The Kier molecular flexibility index (Phi) is 3.03. The molecule has 2 N–H and O–H groups in total. The molecule has 0 aromatic heterocycles. The van der Waals surface area contributed by atoms with Crippen LogP contribution >= 0.6 is 0 Å². The van der Waals surface area contributed by atoms with Crippen molar-refractivity contribution >= 4 is 5.69 Å². The summed E-state index contributed by atoms with van der Waals surface area (Å²) in [7, 11) is 0. The Bertz CT molecular complexity index is 596. The second kappa shape index (κ2) is 4.71. The van der Waals surface area contributed by atoms with Crippen LogP contribution in [0.4, 0.5) is 5.69 Å². The van der Waals surface area contributed by atoms with E-state index in [4.69, 9.17) is 5.73 Å². The Balaban J connectivity index is 1.81. The monoisotopic (exact) mass is 252 g/mol. The van der Waals surface area contributed by atoms with Crippen LogP contribution in [0.25, 0.3) is 0 Å². The fourth-order valence-electron chi connectivity index (χ4n) is 2.92. The first-order chi connectivity index (χ1) is 9.13. The fourth-order valence-corrected chi connectivity index (χ4v) is 2.92. The molecule has 1 aliphatic heterocycles. The van der Waals surface area contributed by atoms with Gasteiger partial charge in [-0.15, -0.1) is 0 Å². The highest BCUT2D eigenvalue weighted by Crippen LogP contribution is 2.27. The van der Waals surface area contributed by atoms with Crippen molar-refractivity contribution in [2.45, 2.75) is 33.5 Å². The van der Waals surface area contributed by atoms with Crippen LogP contribution in [0.1, 0.15) is 27.8 Å². The molecular weight excluding hydrogens is 232 g/mol. The van der Waals surface area contributed by atoms with Crippen molar-refractivity contribution in [3.8, 4) is 0 Å². The van der Waals surface area contributed by atoms with Crippen molar-refractivity contribution in [1.29, 1.82) is 0 Å². The van der Waals surface area contributed by atoms with Crippen molar-refractivity contribution in [3.63, 3.8) is 0 Å². The van der Waals surface area contributed by atoms with Gasteiger partial charge in [0.1, 0.15) is 0 Å². The molecule has 0 amide bonds. The van der Waals surface area contributed by atoms with E-state index >= 15 is 0 Å². The number of fused-ring (bicyclic) bond motifs is 1. The summed E-state index contributed by atoms with van der Waals surface area (Å²) in [6, 6.07) is 12.8. The van der Waals surface area contributed by atoms with E-state index in [-0.39, 0.29) is 0 Å². The van der Waals surface area contributed by atoms with Crippen LogP contribution < -0.4 is 5.73 Å². The minimum absolute atomic E-state index is 0.868. The lowest BCUT2D eigenvalue weighted by Crippen LogP contribution is -2.17. The first-order valence-electron chi connectivity index (χ1n) is 6.78. The average Bonchev–Trinajstić information content (AvgIpc) is 2.75. The maximum absolute atomic E-state index is 5.86. The zero-order valence-electron chi connectivity index (χ0n) is 11.6. The average molecular weight is 252 g/mol. The Morgan fingerprint density at radius 2 is 1.68 bits per heavy atom. The van der Waals surface area contributed by atoms with Gasteiger partial charge in [-0.1, -0.05) is 24.3 Å². The lowest BCUT2D eigenvalue weighted by molar-refractivity contribution is 0.274. The summed E-state index contributed by atoms with van der Waals surface area (Å²) in [5.41, 5.74) is 13.8. The molecule has 0 spiro atoms. The smallest absolute Gasteiger partial charge is 0.0317 e. The van der Waals surface area contributed by atoms with Gasteiger partial charge in [0.05, 0.1) is 0 Å². The fraction of sp³-hybridized carbons (Fsp3) is 0.294. The molecule has 3 rings (SSSR count). The predicted molar refractivity (Wildman–Crippen MR) is 79.7 cm³/mol. The molecule has 0 unspecified atom stereocenters. The van der Waals surface area contributed by atoms with Crippen molar-refractivity contribution in [2.24, 2.45) is 0 Å². The number of benzene rings is 2. The van der Waals surface area contributed by atoms with E-state index in [1.165, 1.54) is 27.8 Å². The Morgan fingerprint density at radius 3 is 2.42 bits per heavy atom. The summed E-state index contributed by atoms with van der Waals surface area (Å²) in [4.78, 5) is 2.49. The predicted octanol–water partition coefficient (Wildman–Crippen LogP) is 3.40.